The Labute approximate surface area is 106 Å². The van der Waals surface area contributed by atoms with Crippen molar-refractivity contribution in [3.8, 4) is 0 Å². The van der Waals surface area contributed by atoms with Crippen LogP contribution in [-0.2, 0) is 4.79 Å². The topological polar surface area (TPSA) is 29.1 Å². The molecular formula is C10H16Cl3NO. The highest BCUT2D eigenvalue weighted by atomic mass is 35.6. The van der Waals surface area contributed by atoms with Gasteiger partial charge in [-0.05, 0) is 13.3 Å². The van der Waals surface area contributed by atoms with Gasteiger partial charge in [0, 0.05) is 6.04 Å². The fourth-order valence-corrected chi connectivity index (χ4v) is 1.29. The monoisotopic (exact) mass is 271 g/mol. The highest BCUT2D eigenvalue weighted by Gasteiger charge is 2.31. The minimum Gasteiger partial charge on any atom is -0.346 e. The van der Waals surface area contributed by atoms with Crippen molar-refractivity contribution in [3.05, 3.63) is 12.2 Å². The van der Waals surface area contributed by atoms with E-state index >= 15 is 0 Å². The van der Waals surface area contributed by atoms with Crippen LogP contribution in [0.1, 0.15) is 33.1 Å². The Balaban J connectivity index is 4.22. The van der Waals surface area contributed by atoms with Crippen molar-refractivity contribution >= 4 is 40.7 Å². The average Bonchev–Trinajstić information content (AvgIpc) is 2.13. The molecule has 0 rings (SSSR count). The summed E-state index contributed by atoms with van der Waals surface area (Å²) in [5, 5.41) is 2.67. The van der Waals surface area contributed by atoms with E-state index in [0.29, 0.717) is 0 Å². The van der Waals surface area contributed by atoms with Crippen LogP contribution in [0.15, 0.2) is 12.2 Å². The minimum atomic E-state index is -1.88. The van der Waals surface area contributed by atoms with Crippen LogP contribution in [0, 0.1) is 0 Å². The lowest BCUT2D eigenvalue weighted by Gasteiger charge is -2.18. The number of rotatable bonds is 5. The normalized spacial score (nSPS) is 14.2. The van der Waals surface area contributed by atoms with E-state index in [4.69, 9.17) is 34.8 Å². The molecule has 0 aromatic carbocycles. The van der Waals surface area contributed by atoms with Gasteiger partial charge in [-0.2, -0.15) is 0 Å². The number of carbonyl (C=O) groups is 1. The molecule has 1 amide bonds. The predicted molar refractivity (Wildman–Crippen MR) is 66.6 cm³/mol. The number of allylic oxidation sites excluding steroid dienone is 1. The van der Waals surface area contributed by atoms with Gasteiger partial charge in [0.25, 0.3) is 9.70 Å². The van der Waals surface area contributed by atoms with Crippen LogP contribution in [-0.4, -0.2) is 15.7 Å². The van der Waals surface area contributed by atoms with E-state index in [2.05, 4.69) is 12.2 Å². The zero-order valence-corrected chi connectivity index (χ0v) is 11.2. The molecule has 0 spiro atoms. The van der Waals surface area contributed by atoms with Crippen LogP contribution < -0.4 is 5.32 Å². The fraction of sp³-hybridized carbons (Fsp3) is 0.700. The first-order valence-corrected chi connectivity index (χ1v) is 6.05. The second-order valence-electron chi connectivity index (χ2n) is 3.25. The van der Waals surface area contributed by atoms with Crippen LogP contribution in [0.25, 0.3) is 0 Å². The van der Waals surface area contributed by atoms with Crippen molar-refractivity contribution < 1.29 is 4.79 Å². The molecule has 1 atom stereocenters. The molecule has 0 aliphatic carbocycles. The molecule has 88 valence electrons. The van der Waals surface area contributed by atoms with Crippen molar-refractivity contribution in [2.75, 3.05) is 0 Å². The molecule has 0 radical (unpaired) electrons. The molecule has 0 bridgehead atoms. The largest absolute Gasteiger partial charge is 0.346 e. The van der Waals surface area contributed by atoms with Gasteiger partial charge in [-0.1, -0.05) is 66.7 Å². The maximum atomic E-state index is 11.4. The molecule has 0 aromatic rings. The van der Waals surface area contributed by atoms with E-state index in [-0.39, 0.29) is 6.04 Å². The van der Waals surface area contributed by atoms with Gasteiger partial charge >= 0.3 is 0 Å². The third kappa shape index (κ3) is 7.04. The molecule has 0 aliphatic rings. The molecule has 0 fully saturated rings. The molecule has 0 aliphatic heterocycles. The quantitative estimate of drug-likeness (QED) is 0.601. The smallest absolute Gasteiger partial charge is 0.272 e. The third-order valence-electron chi connectivity index (χ3n) is 1.87. The first-order valence-electron chi connectivity index (χ1n) is 4.92. The molecule has 5 heteroatoms. The number of carbonyl (C=O) groups excluding carboxylic acids is 1. The first kappa shape index (κ1) is 15.1. The van der Waals surface area contributed by atoms with Gasteiger partial charge in [-0.25, -0.2) is 0 Å². The zero-order valence-electron chi connectivity index (χ0n) is 8.90. The van der Waals surface area contributed by atoms with Crippen LogP contribution in [0.2, 0.25) is 0 Å². The number of halogens is 3. The van der Waals surface area contributed by atoms with Crippen molar-refractivity contribution in [3.63, 3.8) is 0 Å². The van der Waals surface area contributed by atoms with Gasteiger partial charge in [-0.3, -0.25) is 4.79 Å². The number of nitrogens with one attached hydrogen (secondary N) is 1. The van der Waals surface area contributed by atoms with Gasteiger partial charge < -0.3 is 5.32 Å². The average molecular weight is 273 g/mol. The number of hydrogen-bond donors (Lipinski definition) is 1. The van der Waals surface area contributed by atoms with E-state index in [1.54, 1.807) is 0 Å². The van der Waals surface area contributed by atoms with E-state index in [1.165, 1.54) is 0 Å². The highest BCUT2D eigenvalue weighted by molar-refractivity contribution is 6.76. The predicted octanol–water partition coefficient (Wildman–Crippen LogP) is 3.61. The molecule has 1 N–H and O–H groups in total. The van der Waals surface area contributed by atoms with E-state index < -0.39 is 9.70 Å². The summed E-state index contributed by atoms with van der Waals surface area (Å²) in [5.41, 5.74) is 0. The van der Waals surface area contributed by atoms with Crippen LogP contribution in [0.5, 0.6) is 0 Å². The van der Waals surface area contributed by atoms with Gasteiger partial charge in [0.05, 0.1) is 0 Å². The Morgan fingerprint density at radius 2 is 2.07 bits per heavy atom. The summed E-state index contributed by atoms with van der Waals surface area (Å²) in [6, 6.07) is -0.0573. The molecule has 2 nitrogen and oxygen atoms in total. The maximum Gasteiger partial charge on any atom is 0.272 e. The SMILES string of the molecule is C/C=C/C(CCCC)NC(=O)C(Cl)(Cl)Cl. The number of amides is 1. The molecule has 0 saturated carbocycles. The maximum absolute atomic E-state index is 11.4. The van der Waals surface area contributed by atoms with Gasteiger partial charge in [0.1, 0.15) is 0 Å². The summed E-state index contributed by atoms with van der Waals surface area (Å²) in [4.78, 5) is 11.4. The molecule has 0 aromatic heterocycles. The lowest BCUT2D eigenvalue weighted by molar-refractivity contribution is -0.120. The molecule has 0 saturated heterocycles. The van der Waals surface area contributed by atoms with Gasteiger partial charge in [0.15, 0.2) is 0 Å². The highest BCUT2D eigenvalue weighted by Crippen LogP contribution is 2.26. The summed E-state index contributed by atoms with van der Waals surface area (Å²) < 4.78 is -1.88. The summed E-state index contributed by atoms with van der Waals surface area (Å²) in [7, 11) is 0. The Kier molecular flexibility index (Phi) is 7.41. The van der Waals surface area contributed by atoms with Gasteiger partial charge in [0.2, 0.25) is 0 Å². The minimum absolute atomic E-state index is 0.0573. The molecule has 0 heterocycles. The standard InChI is InChI=1S/C10H16Cl3NO/c1-3-5-7-8(6-4-2)14-9(15)10(11,12)13/h4,6,8H,3,5,7H2,1-2H3,(H,14,15)/b6-4+. The molecular weight excluding hydrogens is 256 g/mol. The van der Waals surface area contributed by atoms with E-state index in [9.17, 15) is 4.79 Å². The zero-order chi connectivity index (χ0) is 11.9. The summed E-state index contributed by atoms with van der Waals surface area (Å²) >= 11 is 16.4. The lowest BCUT2D eigenvalue weighted by atomic mass is 10.1. The first-order chi connectivity index (χ1) is 6.91. The number of unbranched alkanes of at least 4 members (excludes halogenated alkanes) is 1. The van der Waals surface area contributed by atoms with Crippen molar-refractivity contribution in [2.45, 2.75) is 42.9 Å². The number of alkyl halides is 3. The Bertz CT molecular complexity index is 223. The Hall–Kier alpha value is 0.0800. The van der Waals surface area contributed by atoms with E-state index in [0.717, 1.165) is 19.3 Å². The van der Waals surface area contributed by atoms with E-state index in [1.807, 2.05) is 19.1 Å². The van der Waals surface area contributed by atoms with Crippen LogP contribution in [0.3, 0.4) is 0 Å². The summed E-state index contributed by atoms with van der Waals surface area (Å²) in [6.45, 7) is 3.98. The fourth-order valence-electron chi connectivity index (χ4n) is 1.12. The van der Waals surface area contributed by atoms with Crippen molar-refractivity contribution in [2.24, 2.45) is 0 Å². The lowest BCUT2D eigenvalue weighted by Crippen LogP contribution is -2.40. The van der Waals surface area contributed by atoms with Crippen LogP contribution >= 0.6 is 34.8 Å². The van der Waals surface area contributed by atoms with Crippen molar-refractivity contribution in [1.29, 1.82) is 0 Å². The van der Waals surface area contributed by atoms with Crippen molar-refractivity contribution in [1.82, 2.24) is 5.32 Å². The Morgan fingerprint density at radius 1 is 1.47 bits per heavy atom. The molecule has 1 unspecified atom stereocenters. The third-order valence-corrected chi connectivity index (χ3v) is 2.38. The second-order valence-corrected chi connectivity index (χ2v) is 5.53. The Morgan fingerprint density at radius 3 is 2.47 bits per heavy atom. The summed E-state index contributed by atoms with van der Waals surface area (Å²) in [5.74, 6) is -0.577. The number of hydrogen-bond acceptors (Lipinski definition) is 1. The van der Waals surface area contributed by atoms with Gasteiger partial charge in [-0.15, -0.1) is 0 Å². The molecule has 15 heavy (non-hydrogen) atoms. The van der Waals surface area contributed by atoms with Crippen LogP contribution in [0.4, 0.5) is 0 Å². The second kappa shape index (κ2) is 7.37. The summed E-state index contributed by atoms with van der Waals surface area (Å²) in [6.07, 6.45) is 6.71.